The summed E-state index contributed by atoms with van der Waals surface area (Å²) in [5.74, 6) is 0.709. The Morgan fingerprint density at radius 3 is 1.64 bits per heavy atom. The van der Waals surface area contributed by atoms with Crippen LogP contribution in [0.25, 0.3) is 88.8 Å². The molecule has 0 amide bonds. The maximum absolute atomic E-state index is 5.36. The first kappa shape index (κ1) is 31.1. The fourth-order valence-electron chi connectivity index (χ4n) is 8.37. The molecule has 2 nitrogen and oxygen atoms in total. The fraction of sp³-hybridized carbons (Fsp3) is 0.0588. The van der Waals surface area contributed by atoms with Crippen molar-refractivity contribution in [2.45, 2.75) is 19.3 Å². The minimum atomic E-state index is -0.146. The first-order valence-corrected chi connectivity index (χ1v) is 18.3. The van der Waals surface area contributed by atoms with Crippen molar-refractivity contribution in [1.29, 1.82) is 0 Å². The third kappa shape index (κ3) is 5.34. The second kappa shape index (κ2) is 12.3. The van der Waals surface area contributed by atoms with Crippen LogP contribution in [0.3, 0.4) is 0 Å². The van der Waals surface area contributed by atoms with Crippen molar-refractivity contribution in [3.8, 4) is 67.3 Å². The summed E-state index contributed by atoms with van der Waals surface area (Å²) in [6.07, 6.45) is 0. The number of hydrogen-bond acceptors (Lipinski definition) is 2. The number of aromatic nitrogens is 2. The summed E-state index contributed by atoms with van der Waals surface area (Å²) in [6.45, 7) is 4.72. The lowest BCUT2D eigenvalue weighted by Gasteiger charge is -2.25. The van der Waals surface area contributed by atoms with Gasteiger partial charge in [0.1, 0.15) is 0 Å². The molecule has 10 rings (SSSR count). The molecule has 0 aliphatic heterocycles. The van der Waals surface area contributed by atoms with Gasteiger partial charge in [0.05, 0.1) is 11.4 Å². The maximum Gasteiger partial charge on any atom is 0.160 e. The van der Waals surface area contributed by atoms with Crippen LogP contribution in [0.2, 0.25) is 0 Å². The molecule has 8 aromatic carbocycles. The number of nitrogens with zero attached hydrogens (tertiary/aromatic N) is 2. The number of benzene rings is 8. The molecule has 0 spiro atoms. The summed E-state index contributed by atoms with van der Waals surface area (Å²) in [5, 5.41) is 4.76. The van der Waals surface area contributed by atoms with Crippen molar-refractivity contribution in [2.24, 2.45) is 0 Å². The van der Waals surface area contributed by atoms with E-state index in [2.05, 4.69) is 196 Å². The molecule has 1 aromatic heterocycles. The number of fused-ring (bicyclic) bond motifs is 5. The molecule has 250 valence electrons. The molecule has 0 bridgehead atoms. The maximum atomic E-state index is 5.36. The van der Waals surface area contributed by atoms with Crippen LogP contribution in [0, 0.1) is 0 Å². The lowest BCUT2D eigenvalue weighted by molar-refractivity contribution is 0.662. The highest BCUT2D eigenvalue weighted by molar-refractivity contribution is 5.92. The van der Waals surface area contributed by atoms with Crippen LogP contribution in [0.15, 0.2) is 182 Å². The van der Waals surface area contributed by atoms with Crippen LogP contribution >= 0.6 is 0 Å². The third-order valence-electron chi connectivity index (χ3n) is 11.0. The molecule has 0 radical (unpaired) electrons. The highest BCUT2D eigenvalue weighted by Crippen LogP contribution is 2.52. The first-order chi connectivity index (χ1) is 26.0. The standard InChI is InChI=1S/C51H36N2/c1-51(2)46-22-11-10-19-44(46)45-21-12-20-43(49(45)51)41-29-40(33-13-4-3-5-14-33)30-42(31-41)48-32-47(38-25-23-34-15-6-8-17-36(34)27-38)52-50(53-48)39-26-24-35-16-7-9-18-37(35)28-39/h3-32H,1-2H3. The van der Waals surface area contributed by atoms with Gasteiger partial charge in [-0.2, -0.15) is 0 Å². The van der Waals surface area contributed by atoms with Crippen molar-refractivity contribution >= 4 is 21.5 Å². The van der Waals surface area contributed by atoms with Gasteiger partial charge in [-0.15, -0.1) is 0 Å². The predicted molar refractivity (Wildman–Crippen MR) is 222 cm³/mol. The molecule has 0 fully saturated rings. The Balaban J connectivity index is 1.21. The van der Waals surface area contributed by atoms with Gasteiger partial charge in [-0.1, -0.05) is 159 Å². The van der Waals surface area contributed by atoms with E-state index >= 15 is 0 Å². The second-order valence-corrected chi connectivity index (χ2v) is 14.6. The summed E-state index contributed by atoms with van der Waals surface area (Å²) in [4.78, 5) is 10.6. The molecule has 0 atom stereocenters. The highest BCUT2D eigenvalue weighted by atomic mass is 14.9. The Kier molecular flexibility index (Phi) is 7.19. The van der Waals surface area contributed by atoms with Crippen molar-refractivity contribution in [2.75, 3.05) is 0 Å². The Bertz CT molecular complexity index is 2770. The summed E-state index contributed by atoms with van der Waals surface area (Å²) >= 11 is 0. The van der Waals surface area contributed by atoms with E-state index in [9.17, 15) is 0 Å². The average Bonchev–Trinajstić information content (AvgIpc) is 3.46. The minimum Gasteiger partial charge on any atom is -0.228 e. The summed E-state index contributed by atoms with van der Waals surface area (Å²) in [6, 6.07) is 65.6. The fourth-order valence-corrected chi connectivity index (χ4v) is 8.37. The van der Waals surface area contributed by atoms with Gasteiger partial charge < -0.3 is 0 Å². The Hall–Kier alpha value is -6.64. The topological polar surface area (TPSA) is 25.8 Å². The molecular formula is C51H36N2. The molecule has 0 saturated heterocycles. The van der Waals surface area contributed by atoms with Gasteiger partial charge in [0.2, 0.25) is 0 Å². The van der Waals surface area contributed by atoms with Gasteiger partial charge in [-0.3, -0.25) is 0 Å². The summed E-state index contributed by atoms with van der Waals surface area (Å²) in [7, 11) is 0. The molecule has 0 unspecified atom stereocenters. The van der Waals surface area contributed by atoms with E-state index in [4.69, 9.17) is 9.97 Å². The van der Waals surface area contributed by atoms with Crippen molar-refractivity contribution in [1.82, 2.24) is 9.97 Å². The molecular weight excluding hydrogens is 641 g/mol. The third-order valence-corrected chi connectivity index (χ3v) is 11.0. The lowest BCUT2D eigenvalue weighted by atomic mass is 9.78. The minimum absolute atomic E-state index is 0.146. The van der Waals surface area contributed by atoms with Crippen LogP contribution in [-0.4, -0.2) is 9.97 Å². The molecule has 0 saturated carbocycles. The van der Waals surface area contributed by atoms with Gasteiger partial charge in [-0.25, -0.2) is 9.97 Å². The van der Waals surface area contributed by atoms with Crippen molar-refractivity contribution in [3.63, 3.8) is 0 Å². The van der Waals surface area contributed by atoms with Crippen molar-refractivity contribution < 1.29 is 0 Å². The molecule has 9 aromatic rings. The number of hydrogen-bond donors (Lipinski definition) is 0. The van der Waals surface area contributed by atoms with E-state index in [1.165, 1.54) is 60.5 Å². The van der Waals surface area contributed by atoms with E-state index < -0.39 is 0 Å². The van der Waals surface area contributed by atoms with E-state index in [-0.39, 0.29) is 5.41 Å². The zero-order chi connectivity index (χ0) is 35.5. The van der Waals surface area contributed by atoms with Crippen LogP contribution in [0.1, 0.15) is 25.0 Å². The Labute approximate surface area is 310 Å². The normalized spacial score (nSPS) is 12.9. The molecule has 1 heterocycles. The molecule has 53 heavy (non-hydrogen) atoms. The monoisotopic (exact) mass is 676 g/mol. The van der Waals surface area contributed by atoms with Gasteiger partial charge in [0, 0.05) is 22.1 Å². The summed E-state index contributed by atoms with van der Waals surface area (Å²) < 4.78 is 0. The van der Waals surface area contributed by atoms with E-state index in [0.717, 1.165) is 33.6 Å². The Morgan fingerprint density at radius 2 is 0.887 bits per heavy atom. The first-order valence-electron chi connectivity index (χ1n) is 18.3. The van der Waals surface area contributed by atoms with Crippen LogP contribution < -0.4 is 0 Å². The molecule has 0 N–H and O–H groups in total. The smallest absolute Gasteiger partial charge is 0.160 e. The quantitative estimate of drug-likeness (QED) is 0.181. The second-order valence-electron chi connectivity index (χ2n) is 14.6. The molecule has 1 aliphatic carbocycles. The SMILES string of the molecule is CC1(C)c2ccccc2-c2cccc(-c3cc(-c4ccccc4)cc(-c4cc(-c5ccc6ccccc6c5)nc(-c5ccc6ccccc6c5)n4)c3)c21. The van der Waals surface area contributed by atoms with E-state index in [1.807, 2.05) is 0 Å². The van der Waals surface area contributed by atoms with Crippen molar-refractivity contribution in [3.05, 3.63) is 193 Å². The number of rotatable bonds is 5. The zero-order valence-corrected chi connectivity index (χ0v) is 29.7. The predicted octanol–water partition coefficient (Wildman–Crippen LogP) is 13.4. The largest absolute Gasteiger partial charge is 0.228 e. The van der Waals surface area contributed by atoms with Crippen LogP contribution in [0.5, 0.6) is 0 Å². The Morgan fingerprint density at radius 1 is 0.340 bits per heavy atom. The van der Waals surface area contributed by atoms with Crippen LogP contribution in [-0.2, 0) is 5.41 Å². The van der Waals surface area contributed by atoms with Gasteiger partial charge in [0.15, 0.2) is 5.82 Å². The van der Waals surface area contributed by atoms with E-state index in [0.29, 0.717) is 5.82 Å². The van der Waals surface area contributed by atoms with Gasteiger partial charge >= 0.3 is 0 Å². The summed E-state index contributed by atoms with van der Waals surface area (Å²) in [5.41, 5.74) is 14.9. The van der Waals surface area contributed by atoms with Gasteiger partial charge in [-0.05, 0) is 102 Å². The van der Waals surface area contributed by atoms with Crippen LogP contribution in [0.4, 0.5) is 0 Å². The molecule has 2 heteroatoms. The zero-order valence-electron chi connectivity index (χ0n) is 29.7. The average molecular weight is 677 g/mol. The lowest BCUT2D eigenvalue weighted by Crippen LogP contribution is -2.16. The molecule has 1 aliphatic rings. The van der Waals surface area contributed by atoms with Gasteiger partial charge in [0.25, 0.3) is 0 Å². The highest BCUT2D eigenvalue weighted by Gasteiger charge is 2.37. The van der Waals surface area contributed by atoms with E-state index in [1.54, 1.807) is 0 Å².